The summed E-state index contributed by atoms with van der Waals surface area (Å²) in [5.74, 6) is -0.498. The molecule has 0 saturated heterocycles. The largest absolute Gasteiger partial charge is 0.484 e. The Bertz CT molecular complexity index is 1050. The lowest BCUT2D eigenvalue weighted by Crippen LogP contribution is -2.24. The number of ether oxygens (including phenoxy) is 2. The van der Waals surface area contributed by atoms with Crippen LogP contribution < -0.4 is 14.9 Å². The molecule has 3 rings (SSSR count). The minimum Gasteiger partial charge on any atom is -0.484 e. The van der Waals surface area contributed by atoms with Crippen LogP contribution in [0.15, 0.2) is 77.9 Å². The van der Waals surface area contributed by atoms with Crippen molar-refractivity contribution in [2.45, 2.75) is 6.92 Å². The van der Waals surface area contributed by atoms with Crippen LogP contribution in [0.2, 0.25) is 0 Å². The predicted molar refractivity (Wildman–Crippen MR) is 110 cm³/mol. The second-order valence-corrected chi connectivity index (χ2v) is 6.36. The second kappa shape index (κ2) is 9.97. The average molecular weight is 406 g/mol. The topological polar surface area (TPSA) is 77.0 Å². The van der Waals surface area contributed by atoms with Gasteiger partial charge in [0, 0.05) is 0 Å². The van der Waals surface area contributed by atoms with Crippen molar-refractivity contribution in [1.82, 2.24) is 5.43 Å². The first kappa shape index (κ1) is 20.7. The number of carbonyl (C=O) groups excluding carboxylic acids is 2. The number of hydrazone groups is 1. The fourth-order valence-electron chi connectivity index (χ4n) is 2.45. The molecule has 0 aliphatic carbocycles. The molecule has 0 aromatic heterocycles. The van der Waals surface area contributed by atoms with Gasteiger partial charge in [-0.25, -0.2) is 14.6 Å². The van der Waals surface area contributed by atoms with Crippen molar-refractivity contribution in [3.8, 4) is 11.5 Å². The monoisotopic (exact) mass is 406 g/mol. The summed E-state index contributed by atoms with van der Waals surface area (Å²) >= 11 is 0. The van der Waals surface area contributed by atoms with Gasteiger partial charge in [-0.1, -0.05) is 17.7 Å². The van der Waals surface area contributed by atoms with Gasteiger partial charge < -0.3 is 9.47 Å². The zero-order valence-corrected chi connectivity index (χ0v) is 16.2. The van der Waals surface area contributed by atoms with Gasteiger partial charge in [0.25, 0.3) is 5.91 Å². The number of nitrogens with zero attached hydrogens (tertiary/aromatic N) is 1. The number of rotatable bonds is 7. The Labute approximate surface area is 173 Å². The molecule has 30 heavy (non-hydrogen) atoms. The van der Waals surface area contributed by atoms with E-state index in [9.17, 15) is 14.0 Å². The quantitative estimate of drug-likeness (QED) is 0.280. The first-order valence-electron chi connectivity index (χ1n) is 9.09. The summed E-state index contributed by atoms with van der Waals surface area (Å²) in [6, 6.07) is 19.2. The van der Waals surface area contributed by atoms with E-state index in [4.69, 9.17) is 9.47 Å². The highest BCUT2D eigenvalue weighted by Gasteiger charge is 2.08. The molecule has 7 heteroatoms. The van der Waals surface area contributed by atoms with E-state index in [2.05, 4.69) is 10.5 Å². The Morgan fingerprint density at radius 3 is 2.40 bits per heavy atom. The molecule has 152 valence electrons. The molecule has 1 amide bonds. The number of esters is 1. The molecule has 0 heterocycles. The van der Waals surface area contributed by atoms with E-state index in [1.165, 1.54) is 30.5 Å². The highest BCUT2D eigenvalue weighted by molar-refractivity contribution is 5.91. The summed E-state index contributed by atoms with van der Waals surface area (Å²) in [6.07, 6.45) is 1.45. The minimum absolute atomic E-state index is 0.253. The zero-order chi connectivity index (χ0) is 21.3. The van der Waals surface area contributed by atoms with Crippen LogP contribution in [0.1, 0.15) is 21.5 Å². The van der Waals surface area contributed by atoms with Crippen LogP contribution in [-0.4, -0.2) is 24.7 Å². The highest BCUT2D eigenvalue weighted by Crippen LogP contribution is 2.14. The predicted octanol–water partition coefficient (Wildman–Crippen LogP) is 3.88. The smallest absolute Gasteiger partial charge is 0.343 e. The van der Waals surface area contributed by atoms with Gasteiger partial charge in [0.2, 0.25) is 0 Å². The molecular formula is C23H19FN2O4. The molecular weight excluding hydrogens is 387 g/mol. The van der Waals surface area contributed by atoms with E-state index in [0.29, 0.717) is 22.6 Å². The van der Waals surface area contributed by atoms with Gasteiger partial charge in [0.05, 0.1) is 11.8 Å². The summed E-state index contributed by atoms with van der Waals surface area (Å²) in [7, 11) is 0. The number of hydrogen-bond acceptors (Lipinski definition) is 5. The molecule has 0 unspecified atom stereocenters. The van der Waals surface area contributed by atoms with Gasteiger partial charge in [-0.3, -0.25) is 4.79 Å². The molecule has 0 aliphatic rings. The molecule has 3 aromatic carbocycles. The average Bonchev–Trinajstić information content (AvgIpc) is 2.74. The minimum atomic E-state index is -0.459. The third-order valence-corrected chi connectivity index (χ3v) is 3.93. The summed E-state index contributed by atoms with van der Waals surface area (Å²) in [5, 5.41) is 3.84. The van der Waals surface area contributed by atoms with E-state index >= 15 is 0 Å². The van der Waals surface area contributed by atoms with E-state index in [1.54, 1.807) is 42.5 Å². The van der Waals surface area contributed by atoms with Gasteiger partial charge in [-0.15, -0.1) is 0 Å². The molecule has 6 nitrogen and oxygen atoms in total. The van der Waals surface area contributed by atoms with Gasteiger partial charge in [-0.2, -0.15) is 5.10 Å². The number of nitrogens with one attached hydrogen (secondary N) is 1. The Hall–Kier alpha value is -4.00. The van der Waals surface area contributed by atoms with E-state index in [1.807, 2.05) is 13.0 Å². The molecule has 0 spiro atoms. The van der Waals surface area contributed by atoms with E-state index in [0.717, 1.165) is 5.56 Å². The van der Waals surface area contributed by atoms with Crippen LogP contribution in [0.4, 0.5) is 4.39 Å². The van der Waals surface area contributed by atoms with Gasteiger partial charge in [0.1, 0.15) is 17.3 Å². The van der Waals surface area contributed by atoms with Crippen molar-refractivity contribution >= 4 is 18.1 Å². The maximum absolute atomic E-state index is 12.8. The van der Waals surface area contributed by atoms with Gasteiger partial charge in [0.15, 0.2) is 6.61 Å². The van der Waals surface area contributed by atoms with Crippen LogP contribution >= 0.6 is 0 Å². The number of halogens is 1. The van der Waals surface area contributed by atoms with Crippen LogP contribution in [0.25, 0.3) is 0 Å². The fraction of sp³-hybridized carbons (Fsp3) is 0.0870. The Morgan fingerprint density at radius 1 is 1.00 bits per heavy atom. The van der Waals surface area contributed by atoms with E-state index in [-0.39, 0.29) is 12.4 Å². The third-order valence-electron chi connectivity index (χ3n) is 3.93. The first-order valence-corrected chi connectivity index (χ1v) is 9.09. The third kappa shape index (κ3) is 6.27. The van der Waals surface area contributed by atoms with Crippen LogP contribution in [0.5, 0.6) is 11.5 Å². The fourth-order valence-corrected chi connectivity index (χ4v) is 2.45. The van der Waals surface area contributed by atoms with E-state index < -0.39 is 11.9 Å². The summed E-state index contributed by atoms with van der Waals surface area (Å²) in [6.45, 7) is 1.65. The molecule has 3 aromatic rings. The number of hydrogen-bond donors (Lipinski definition) is 1. The van der Waals surface area contributed by atoms with Crippen molar-refractivity contribution in [1.29, 1.82) is 0 Å². The Balaban J connectivity index is 1.46. The number of benzene rings is 3. The van der Waals surface area contributed by atoms with Crippen molar-refractivity contribution in [3.05, 3.63) is 95.3 Å². The Kier molecular flexibility index (Phi) is 6.89. The lowest BCUT2D eigenvalue weighted by atomic mass is 10.1. The number of carbonyl (C=O) groups is 2. The van der Waals surface area contributed by atoms with Crippen molar-refractivity contribution < 1.29 is 23.5 Å². The maximum Gasteiger partial charge on any atom is 0.343 e. The number of aryl methyl sites for hydroxylation is 1. The molecule has 0 aliphatic heterocycles. The molecule has 0 fully saturated rings. The van der Waals surface area contributed by atoms with Crippen LogP contribution in [0.3, 0.4) is 0 Å². The summed E-state index contributed by atoms with van der Waals surface area (Å²) in [5.41, 5.74) is 4.48. The number of amides is 1. The second-order valence-electron chi connectivity index (χ2n) is 6.36. The van der Waals surface area contributed by atoms with Crippen molar-refractivity contribution in [2.75, 3.05) is 6.61 Å². The Morgan fingerprint density at radius 2 is 1.70 bits per heavy atom. The standard InChI is InChI=1S/C23H19FN2O4/c1-16-3-2-4-18(13-16)23(28)30-21-9-5-17(6-10-21)14-25-26-22(27)15-29-20-11-7-19(24)8-12-20/h2-14H,15H2,1H3,(H,26,27)/b25-14+. The van der Waals surface area contributed by atoms with Gasteiger partial charge >= 0.3 is 5.97 Å². The van der Waals surface area contributed by atoms with Gasteiger partial charge in [-0.05, 0) is 73.2 Å². The highest BCUT2D eigenvalue weighted by atomic mass is 19.1. The van der Waals surface area contributed by atoms with Crippen LogP contribution in [0, 0.1) is 12.7 Å². The van der Waals surface area contributed by atoms with Crippen molar-refractivity contribution in [3.63, 3.8) is 0 Å². The molecule has 1 N–H and O–H groups in total. The normalized spacial score (nSPS) is 10.6. The molecule has 0 atom stereocenters. The lowest BCUT2D eigenvalue weighted by molar-refractivity contribution is -0.123. The maximum atomic E-state index is 12.8. The lowest BCUT2D eigenvalue weighted by Gasteiger charge is -2.05. The molecule has 0 radical (unpaired) electrons. The summed E-state index contributed by atoms with van der Waals surface area (Å²) in [4.78, 5) is 23.9. The SMILES string of the molecule is Cc1cccc(C(=O)Oc2ccc(/C=N/NC(=O)COc3ccc(F)cc3)cc2)c1. The van der Waals surface area contributed by atoms with Crippen molar-refractivity contribution in [2.24, 2.45) is 5.10 Å². The zero-order valence-electron chi connectivity index (χ0n) is 16.2. The summed E-state index contributed by atoms with van der Waals surface area (Å²) < 4.78 is 23.4. The first-order chi connectivity index (χ1) is 14.5. The van der Waals surface area contributed by atoms with Crippen LogP contribution in [-0.2, 0) is 4.79 Å². The molecule has 0 bridgehead atoms. The molecule has 0 saturated carbocycles.